The summed E-state index contributed by atoms with van der Waals surface area (Å²) < 4.78 is 12.8. The van der Waals surface area contributed by atoms with Crippen LogP contribution in [0, 0.1) is 0 Å². The van der Waals surface area contributed by atoms with Crippen molar-refractivity contribution in [3.8, 4) is 17.2 Å². The Morgan fingerprint density at radius 2 is 1.74 bits per heavy atom. The van der Waals surface area contributed by atoms with Crippen LogP contribution in [0.3, 0.4) is 0 Å². The van der Waals surface area contributed by atoms with Crippen LogP contribution in [-0.4, -0.2) is 53.1 Å². The lowest BCUT2D eigenvalue weighted by Gasteiger charge is -2.29. The number of para-hydroxylation sites is 2. The number of nitrogens with one attached hydrogen (secondary N) is 2. The fraction of sp³-hybridized carbons (Fsp3) is 0.242. The summed E-state index contributed by atoms with van der Waals surface area (Å²) in [7, 11) is 3.37. The van der Waals surface area contributed by atoms with E-state index in [2.05, 4.69) is 62.2 Å². The molecular formula is C33H34N6O3S. The molecule has 220 valence electrons. The van der Waals surface area contributed by atoms with E-state index < -0.39 is 0 Å². The number of carbonyl (C=O) groups excluding carboxylic acids is 1. The Labute approximate surface area is 255 Å². The number of aromatic nitrogens is 3. The monoisotopic (exact) mass is 594 g/mol. The van der Waals surface area contributed by atoms with Crippen molar-refractivity contribution in [2.75, 3.05) is 37.9 Å². The zero-order chi connectivity index (χ0) is 29.6. The van der Waals surface area contributed by atoms with Crippen molar-refractivity contribution < 1.29 is 14.3 Å². The van der Waals surface area contributed by atoms with Crippen molar-refractivity contribution in [1.29, 1.82) is 0 Å². The SMILES string of the molecule is COc1cc2c(cc1OC)CN(CCc1ccc(-n3cc(CNc4ccccc4NC(=O)c4ccsc4)nn3)cc1)CC2. The lowest BCUT2D eigenvalue weighted by Crippen LogP contribution is -2.32. The van der Waals surface area contributed by atoms with Crippen LogP contribution in [0.1, 0.15) is 32.7 Å². The van der Waals surface area contributed by atoms with Gasteiger partial charge in [-0.05, 0) is 77.4 Å². The Morgan fingerprint density at radius 1 is 0.977 bits per heavy atom. The number of carbonyl (C=O) groups is 1. The van der Waals surface area contributed by atoms with Crippen LogP contribution in [0.25, 0.3) is 5.69 Å². The number of ether oxygens (including phenoxy) is 2. The number of fused-ring (bicyclic) bond motifs is 1. The maximum absolute atomic E-state index is 12.5. The lowest BCUT2D eigenvalue weighted by atomic mass is 9.98. The number of anilines is 2. The summed E-state index contributed by atoms with van der Waals surface area (Å²) in [6.45, 7) is 3.40. The summed E-state index contributed by atoms with van der Waals surface area (Å²) in [6, 6.07) is 22.2. The van der Waals surface area contributed by atoms with Crippen LogP contribution in [-0.2, 0) is 25.9 Å². The van der Waals surface area contributed by atoms with E-state index in [1.165, 1.54) is 28.0 Å². The molecule has 0 aliphatic carbocycles. The lowest BCUT2D eigenvalue weighted by molar-refractivity contribution is 0.102. The molecule has 2 aromatic heterocycles. The van der Waals surface area contributed by atoms with Gasteiger partial charge in [0.2, 0.25) is 0 Å². The van der Waals surface area contributed by atoms with Gasteiger partial charge >= 0.3 is 0 Å². The molecule has 0 atom stereocenters. The second-order valence-corrected chi connectivity index (χ2v) is 11.2. The third kappa shape index (κ3) is 6.71. The van der Waals surface area contributed by atoms with Crippen LogP contribution < -0.4 is 20.1 Å². The minimum Gasteiger partial charge on any atom is -0.493 e. The van der Waals surface area contributed by atoms with Crippen molar-refractivity contribution in [2.24, 2.45) is 0 Å². The minimum atomic E-state index is -0.132. The number of methoxy groups -OCH3 is 2. The average molecular weight is 595 g/mol. The summed E-state index contributed by atoms with van der Waals surface area (Å²) >= 11 is 1.50. The molecular weight excluding hydrogens is 560 g/mol. The molecule has 0 radical (unpaired) electrons. The summed E-state index contributed by atoms with van der Waals surface area (Å²) in [4.78, 5) is 15.0. The van der Waals surface area contributed by atoms with Gasteiger partial charge in [0.15, 0.2) is 11.5 Å². The largest absolute Gasteiger partial charge is 0.493 e. The van der Waals surface area contributed by atoms with E-state index in [1.807, 2.05) is 47.3 Å². The molecule has 1 aliphatic rings. The van der Waals surface area contributed by atoms with Crippen molar-refractivity contribution in [3.05, 3.63) is 112 Å². The van der Waals surface area contributed by atoms with Crippen LogP contribution in [0.2, 0.25) is 0 Å². The average Bonchev–Trinajstić information content (AvgIpc) is 3.76. The Kier molecular flexibility index (Phi) is 8.67. The molecule has 0 spiro atoms. The van der Waals surface area contributed by atoms with Gasteiger partial charge in [0.05, 0.1) is 49.6 Å². The topological polar surface area (TPSA) is 93.5 Å². The number of hydrogen-bond acceptors (Lipinski definition) is 8. The molecule has 5 aromatic rings. The van der Waals surface area contributed by atoms with Crippen molar-refractivity contribution in [2.45, 2.75) is 25.9 Å². The van der Waals surface area contributed by atoms with E-state index in [1.54, 1.807) is 18.9 Å². The van der Waals surface area contributed by atoms with E-state index >= 15 is 0 Å². The number of amides is 1. The van der Waals surface area contributed by atoms with Gasteiger partial charge in [-0.2, -0.15) is 11.3 Å². The highest BCUT2D eigenvalue weighted by molar-refractivity contribution is 7.08. The molecule has 9 nitrogen and oxygen atoms in total. The van der Waals surface area contributed by atoms with Gasteiger partial charge in [-0.3, -0.25) is 9.69 Å². The summed E-state index contributed by atoms with van der Waals surface area (Å²) in [5, 5.41) is 18.8. The molecule has 0 saturated carbocycles. The first-order valence-corrected chi connectivity index (χ1v) is 15.2. The molecule has 1 aliphatic heterocycles. The fourth-order valence-electron chi connectivity index (χ4n) is 5.26. The van der Waals surface area contributed by atoms with Gasteiger partial charge in [-0.25, -0.2) is 4.68 Å². The third-order valence-corrected chi connectivity index (χ3v) is 8.36. The zero-order valence-corrected chi connectivity index (χ0v) is 25.1. The number of hydrogen-bond donors (Lipinski definition) is 2. The second kappa shape index (κ2) is 13.1. The quantitative estimate of drug-likeness (QED) is 0.199. The van der Waals surface area contributed by atoms with Crippen molar-refractivity contribution in [3.63, 3.8) is 0 Å². The van der Waals surface area contributed by atoms with E-state index in [9.17, 15) is 4.79 Å². The highest BCUT2D eigenvalue weighted by Gasteiger charge is 2.19. The van der Waals surface area contributed by atoms with E-state index in [0.717, 1.165) is 66.7 Å². The maximum Gasteiger partial charge on any atom is 0.256 e. The number of benzene rings is 3. The molecule has 10 heteroatoms. The van der Waals surface area contributed by atoms with Gasteiger partial charge in [-0.1, -0.05) is 29.5 Å². The minimum absolute atomic E-state index is 0.132. The molecule has 0 unspecified atom stereocenters. The van der Waals surface area contributed by atoms with Crippen LogP contribution in [0.15, 0.2) is 83.7 Å². The first-order chi connectivity index (χ1) is 21.1. The molecule has 6 rings (SSSR count). The molecule has 1 amide bonds. The predicted molar refractivity (Wildman–Crippen MR) is 170 cm³/mol. The molecule has 0 fully saturated rings. The predicted octanol–water partition coefficient (Wildman–Crippen LogP) is 5.81. The van der Waals surface area contributed by atoms with Gasteiger partial charge in [-0.15, -0.1) is 5.10 Å². The highest BCUT2D eigenvalue weighted by atomic mass is 32.1. The van der Waals surface area contributed by atoms with Gasteiger partial charge < -0.3 is 20.1 Å². The normalized spacial score (nSPS) is 12.9. The van der Waals surface area contributed by atoms with Crippen molar-refractivity contribution >= 4 is 28.6 Å². The summed E-state index contributed by atoms with van der Waals surface area (Å²) in [5.74, 6) is 1.45. The molecule has 43 heavy (non-hydrogen) atoms. The molecule has 0 saturated heterocycles. The Balaban J connectivity index is 1.02. The summed E-state index contributed by atoms with van der Waals surface area (Å²) in [5.41, 5.74) is 7.87. The third-order valence-electron chi connectivity index (χ3n) is 7.67. The van der Waals surface area contributed by atoms with E-state index in [-0.39, 0.29) is 5.91 Å². The highest BCUT2D eigenvalue weighted by Crippen LogP contribution is 2.33. The standard InChI is InChI=1S/C33H34N6O3S/c1-41-31-17-24-12-15-38(20-26(24)18-32(31)42-2)14-11-23-7-9-28(10-8-23)39-21-27(36-37-39)19-34-29-5-3-4-6-30(29)35-33(40)25-13-16-43-22-25/h3-10,13,16-18,21-22,34H,11-12,14-15,19-20H2,1-2H3,(H,35,40). The van der Waals surface area contributed by atoms with E-state index in [4.69, 9.17) is 9.47 Å². The Hall–Kier alpha value is -4.67. The smallest absolute Gasteiger partial charge is 0.256 e. The zero-order valence-electron chi connectivity index (χ0n) is 24.2. The molecule has 0 bridgehead atoms. The van der Waals surface area contributed by atoms with Gasteiger partial charge in [0.1, 0.15) is 5.69 Å². The Morgan fingerprint density at radius 3 is 2.49 bits per heavy atom. The maximum atomic E-state index is 12.5. The van der Waals surface area contributed by atoms with Crippen LogP contribution in [0.4, 0.5) is 11.4 Å². The van der Waals surface area contributed by atoms with Crippen LogP contribution >= 0.6 is 11.3 Å². The first-order valence-electron chi connectivity index (χ1n) is 14.2. The van der Waals surface area contributed by atoms with Gasteiger partial charge in [0, 0.05) is 25.0 Å². The fourth-order valence-corrected chi connectivity index (χ4v) is 5.90. The Bertz CT molecular complexity index is 1680. The number of rotatable bonds is 11. The van der Waals surface area contributed by atoms with Gasteiger partial charge in [0.25, 0.3) is 5.91 Å². The molecule has 2 N–H and O–H groups in total. The van der Waals surface area contributed by atoms with Crippen molar-refractivity contribution in [1.82, 2.24) is 19.9 Å². The molecule has 3 aromatic carbocycles. The number of nitrogens with zero attached hydrogens (tertiary/aromatic N) is 4. The van der Waals surface area contributed by atoms with E-state index in [0.29, 0.717) is 12.1 Å². The second-order valence-electron chi connectivity index (χ2n) is 10.4. The number of thiophene rings is 1. The summed E-state index contributed by atoms with van der Waals surface area (Å²) in [6.07, 6.45) is 3.90. The molecule has 3 heterocycles. The van der Waals surface area contributed by atoms with Crippen LogP contribution in [0.5, 0.6) is 11.5 Å². The first kappa shape index (κ1) is 28.4.